The van der Waals surface area contributed by atoms with Crippen LogP contribution in [0, 0.1) is 0 Å². The third kappa shape index (κ3) is 2.65. The van der Waals surface area contributed by atoms with Gasteiger partial charge in [-0.15, -0.1) is 0 Å². The van der Waals surface area contributed by atoms with Gasteiger partial charge < -0.3 is 11.1 Å². The smallest absolute Gasteiger partial charge is 0.237 e. The van der Waals surface area contributed by atoms with E-state index in [1.54, 1.807) is 0 Å². The molecule has 2 heterocycles. The number of amides is 1. The average molecular weight is 265 g/mol. The van der Waals surface area contributed by atoms with Gasteiger partial charge in [0.1, 0.15) is 0 Å². The van der Waals surface area contributed by atoms with Gasteiger partial charge in [-0.3, -0.25) is 9.69 Å². The molecule has 3 aliphatic rings. The molecule has 3 N–H and O–H groups in total. The number of carbonyl (C=O) groups excluding carboxylic acids is 1. The second-order valence-corrected chi connectivity index (χ2v) is 6.73. The minimum absolute atomic E-state index is 0.0191. The Kier molecular flexibility index (Phi) is 3.81. The molecule has 1 saturated carbocycles. The van der Waals surface area contributed by atoms with E-state index in [2.05, 4.69) is 17.1 Å². The predicted octanol–water partition coefficient (Wildman–Crippen LogP) is 1.39. The number of hydrogen-bond acceptors (Lipinski definition) is 3. The van der Waals surface area contributed by atoms with Crippen molar-refractivity contribution in [3.63, 3.8) is 0 Å². The molecule has 19 heavy (non-hydrogen) atoms. The summed E-state index contributed by atoms with van der Waals surface area (Å²) in [6.45, 7) is 2.08. The molecule has 3 rings (SSSR count). The van der Waals surface area contributed by atoms with E-state index in [4.69, 9.17) is 5.73 Å². The fraction of sp³-hybridized carbons (Fsp3) is 0.933. The van der Waals surface area contributed by atoms with Crippen LogP contribution in [0.1, 0.15) is 58.3 Å². The van der Waals surface area contributed by atoms with Gasteiger partial charge in [-0.2, -0.15) is 0 Å². The summed E-state index contributed by atoms with van der Waals surface area (Å²) in [5.41, 5.74) is 6.10. The van der Waals surface area contributed by atoms with Crippen molar-refractivity contribution in [2.45, 2.75) is 88.5 Å². The predicted molar refractivity (Wildman–Crippen MR) is 75.7 cm³/mol. The first-order valence-corrected chi connectivity index (χ1v) is 7.98. The highest BCUT2D eigenvalue weighted by molar-refractivity contribution is 5.81. The zero-order chi connectivity index (χ0) is 13.4. The summed E-state index contributed by atoms with van der Waals surface area (Å²) in [6.07, 6.45) is 9.44. The second-order valence-electron chi connectivity index (χ2n) is 6.73. The Morgan fingerprint density at radius 2 is 1.74 bits per heavy atom. The first kappa shape index (κ1) is 13.4. The Balaban J connectivity index is 1.60. The van der Waals surface area contributed by atoms with Crippen LogP contribution in [0.3, 0.4) is 0 Å². The van der Waals surface area contributed by atoms with Crippen LogP contribution in [0.5, 0.6) is 0 Å². The molecule has 0 radical (unpaired) electrons. The number of nitrogens with zero attached hydrogens (tertiary/aromatic N) is 1. The minimum Gasteiger partial charge on any atom is -0.352 e. The van der Waals surface area contributed by atoms with Crippen LogP contribution in [-0.4, -0.2) is 41.0 Å². The molecular weight excluding hydrogens is 238 g/mol. The van der Waals surface area contributed by atoms with Crippen molar-refractivity contribution >= 4 is 5.91 Å². The lowest BCUT2D eigenvalue weighted by molar-refractivity contribution is -0.128. The van der Waals surface area contributed by atoms with Crippen LogP contribution in [0.25, 0.3) is 0 Å². The molecule has 1 aliphatic carbocycles. The average Bonchev–Trinajstić information content (AvgIpc) is 2.96. The highest BCUT2D eigenvalue weighted by Crippen LogP contribution is 2.36. The number of rotatable bonds is 3. The Morgan fingerprint density at radius 3 is 2.32 bits per heavy atom. The summed E-state index contributed by atoms with van der Waals surface area (Å²) in [5.74, 6) is 0.235. The Labute approximate surface area is 116 Å². The summed E-state index contributed by atoms with van der Waals surface area (Å²) >= 11 is 0. The molecule has 108 valence electrons. The lowest BCUT2D eigenvalue weighted by Gasteiger charge is -2.41. The molecule has 2 saturated heterocycles. The maximum atomic E-state index is 12.4. The topological polar surface area (TPSA) is 58.4 Å². The van der Waals surface area contributed by atoms with E-state index in [1.807, 2.05) is 0 Å². The number of hydrogen-bond donors (Lipinski definition) is 2. The van der Waals surface area contributed by atoms with Crippen molar-refractivity contribution < 1.29 is 4.79 Å². The zero-order valence-corrected chi connectivity index (χ0v) is 12.0. The summed E-state index contributed by atoms with van der Waals surface area (Å²) < 4.78 is 0. The summed E-state index contributed by atoms with van der Waals surface area (Å²) in [6, 6.07) is 1.88. The summed E-state index contributed by atoms with van der Waals surface area (Å²) in [4.78, 5) is 14.9. The SMILES string of the molecule is CC(C(=O)NC1CCCC1)N1C2CCC1CC(N)C2. The molecule has 1 amide bonds. The minimum atomic E-state index is 0.0191. The maximum absolute atomic E-state index is 12.4. The third-order valence-corrected chi connectivity index (χ3v) is 5.35. The summed E-state index contributed by atoms with van der Waals surface area (Å²) in [5, 5.41) is 3.24. The lowest BCUT2D eigenvalue weighted by atomic mass is 9.96. The Morgan fingerprint density at radius 1 is 1.16 bits per heavy atom. The highest BCUT2D eigenvalue weighted by Gasteiger charge is 2.43. The molecule has 2 bridgehead atoms. The van der Waals surface area contributed by atoms with Crippen molar-refractivity contribution in [2.24, 2.45) is 5.73 Å². The van der Waals surface area contributed by atoms with Crippen molar-refractivity contribution in [2.75, 3.05) is 0 Å². The van der Waals surface area contributed by atoms with Crippen LogP contribution in [0.15, 0.2) is 0 Å². The van der Waals surface area contributed by atoms with Gasteiger partial charge in [-0.05, 0) is 45.4 Å². The third-order valence-electron chi connectivity index (χ3n) is 5.35. The quantitative estimate of drug-likeness (QED) is 0.810. The molecule has 2 aliphatic heterocycles. The van der Waals surface area contributed by atoms with E-state index in [-0.39, 0.29) is 11.9 Å². The molecule has 4 heteroatoms. The van der Waals surface area contributed by atoms with Gasteiger partial charge in [0.05, 0.1) is 6.04 Å². The van der Waals surface area contributed by atoms with Gasteiger partial charge in [-0.1, -0.05) is 12.8 Å². The van der Waals surface area contributed by atoms with Crippen LogP contribution in [0.4, 0.5) is 0 Å². The molecule has 0 aromatic carbocycles. The molecule has 3 unspecified atom stereocenters. The van der Waals surface area contributed by atoms with Gasteiger partial charge in [0.25, 0.3) is 0 Å². The molecule has 0 aromatic rings. The van der Waals surface area contributed by atoms with E-state index in [1.165, 1.54) is 25.7 Å². The molecule has 0 aromatic heterocycles. The molecule has 0 spiro atoms. The van der Waals surface area contributed by atoms with Crippen LogP contribution >= 0.6 is 0 Å². The molecule has 3 atom stereocenters. The van der Waals surface area contributed by atoms with Gasteiger partial charge in [0.15, 0.2) is 0 Å². The van der Waals surface area contributed by atoms with Crippen LogP contribution < -0.4 is 11.1 Å². The van der Waals surface area contributed by atoms with Gasteiger partial charge in [-0.25, -0.2) is 0 Å². The standard InChI is InChI=1S/C15H27N3O/c1-10(15(19)17-12-4-2-3-5-12)18-13-6-7-14(18)9-11(16)8-13/h10-14H,2-9,16H2,1H3,(H,17,19). The highest BCUT2D eigenvalue weighted by atomic mass is 16.2. The number of piperidine rings is 1. The molecular formula is C15H27N3O. The fourth-order valence-electron chi connectivity index (χ4n) is 4.42. The van der Waals surface area contributed by atoms with E-state index in [9.17, 15) is 4.79 Å². The number of nitrogens with two attached hydrogens (primary N) is 1. The molecule has 3 fully saturated rings. The maximum Gasteiger partial charge on any atom is 0.237 e. The zero-order valence-electron chi connectivity index (χ0n) is 12.0. The van der Waals surface area contributed by atoms with Crippen LogP contribution in [-0.2, 0) is 4.79 Å². The number of fused-ring (bicyclic) bond motifs is 2. The first-order chi connectivity index (χ1) is 9.15. The van der Waals surface area contributed by atoms with Crippen molar-refractivity contribution in [1.82, 2.24) is 10.2 Å². The first-order valence-electron chi connectivity index (χ1n) is 7.98. The van der Waals surface area contributed by atoms with E-state index < -0.39 is 0 Å². The van der Waals surface area contributed by atoms with Gasteiger partial charge in [0, 0.05) is 24.2 Å². The van der Waals surface area contributed by atoms with Gasteiger partial charge >= 0.3 is 0 Å². The monoisotopic (exact) mass is 265 g/mol. The van der Waals surface area contributed by atoms with E-state index >= 15 is 0 Å². The fourth-order valence-corrected chi connectivity index (χ4v) is 4.42. The van der Waals surface area contributed by atoms with E-state index in [0.29, 0.717) is 24.2 Å². The summed E-state index contributed by atoms with van der Waals surface area (Å²) in [7, 11) is 0. The van der Waals surface area contributed by atoms with Crippen LogP contribution in [0.2, 0.25) is 0 Å². The molecule has 4 nitrogen and oxygen atoms in total. The Hall–Kier alpha value is -0.610. The Bertz CT molecular complexity index is 326. The largest absolute Gasteiger partial charge is 0.352 e. The lowest BCUT2D eigenvalue weighted by Crippen LogP contribution is -2.56. The van der Waals surface area contributed by atoms with E-state index in [0.717, 1.165) is 25.7 Å². The number of carbonyl (C=O) groups is 1. The van der Waals surface area contributed by atoms with Crippen molar-refractivity contribution in [3.8, 4) is 0 Å². The number of nitrogens with one attached hydrogen (secondary N) is 1. The second kappa shape index (κ2) is 5.41. The van der Waals surface area contributed by atoms with Crippen molar-refractivity contribution in [1.29, 1.82) is 0 Å². The van der Waals surface area contributed by atoms with Crippen molar-refractivity contribution in [3.05, 3.63) is 0 Å². The van der Waals surface area contributed by atoms with Gasteiger partial charge in [0.2, 0.25) is 5.91 Å². The normalized spacial score (nSPS) is 37.5.